The SMILES string of the molecule is CCC(CCCn1cnc2cc(C)c(C)cc21)NC. The van der Waals surface area contributed by atoms with E-state index < -0.39 is 0 Å². The van der Waals surface area contributed by atoms with Crippen molar-refractivity contribution in [2.24, 2.45) is 0 Å². The van der Waals surface area contributed by atoms with Gasteiger partial charge in [0.1, 0.15) is 0 Å². The second-order valence-electron chi connectivity index (χ2n) is 5.40. The van der Waals surface area contributed by atoms with Gasteiger partial charge in [-0.05, 0) is 63.4 Å². The number of nitrogens with one attached hydrogen (secondary N) is 1. The maximum atomic E-state index is 4.51. The predicted molar refractivity (Wildman–Crippen MR) is 81.6 cm³/mol. The zero-order valence-corrected chi connectivity index (χ0v) is 12.5. The molecule has 1 unspecified atom stereocenters. The van der Waals surface area contributed by atoms with Gasteiger partial charge in [0.05, 0.1) is 17.4 Å². The fraction of sp³-hybridized carbons (Fsp3) is 0.562. The Hall–Kier alpha value is -1.35. The van der Waals surface area contributed by atoms with Gasteiger partial charge in [-0.1, -0.05) is 6.92 Å². The minimum Gasteiger partial charge on any atom is -0.331 e. The summed E-state index contributed by atoms with van der Waals surface area (Å²) in [5, 5.41) is 3.36. The zero-order valence-electron chi connectivity index (χ0n) is 12.5. The molecule has 0 aliphatic heterocycles. The Bertz CT molecular complexity index is 538. The van der Waals surface area contributed by atoms with Crippen LogP contribution in [0.15, 0.2) is 18.5 Å². The Morgan fingerprint density at radius 3 is 2.68 bits per heavy atom. The Balaban J connectivity index is 2.07. The molecule has 0 spiro atoms. The summed E-state index contributed by atoms with van der Waals surface area (Å²) < 4.78 is 2.28. The van der Waals surface area contributed by atoms with Gasteiger partial charge in [0.15, 0.2) is 0 Å². The molecular weight excluding hydrogens is 234 g/mol. The molecule has 0 bridgehead atoms. The fourth-order valence-corrected chi connectivity index (χ4v) is 2.55. The van der Waals surface area contributed by atoms with Gasteiger partial charge in [0.25, 0.3) is 0 Å². The Morgan fingerprint density at radius 2 is 2.00 bits per heavy atom. The van der Waals surface area contributed by atoms with Crippen LogP contribution in [-0.4, -0.2) is 22.6 Å². The van der Waals surface area contributed by atoms with Crippen LogP contribution in [0.3, 0.4) is 0 Å². The lowest BCUT2D eigenvalue weighted by Gasteiger charge is -2.13. The van der Waals surface area contributed by atoms with Crippen LogP contribution >= 0.6 is 0 Å². The lowest BCUT2D eigenvalue weighted by molar-refractivity contribution is 0.471. The van der Waals surface area contributed by atoms with Gasteiger partial charge >= 0.3 is 0 Å². The van der Waals surface area contributed by atoms with Crippen LogP contribution in [0.5, 0.6) is 0 Å². The number of fused-ring (bicyclic) bond motifs is 1. The minimum atomic E-state index is 0.638. The van der Waals surface area contributed by atoms with E-state index in [1.54, 1.807) is 0 Å². The van der Waals surface area contributed by atoms with Crippen molar-refractivity contribution in [1.82, 2.24) is 14.9 Å². The van der Waals surface area contributed by atoms with Gasteiger partial charge in [-0.25, -0.2) is 4.98 Å². The first kappa shape index (κ1) is 14.1. The maximum Gasteiger partial charge on any atom is 0.0958 e. The van der Waals surface area contributed by atoms with Crippen molar-refractivity contribution < 1.29 is 0 Å². The summed E-state index contributed by atoms with van der Waals surface area (Å²) in [4.78, 5) is 4.51. The molecule has 1 N–H and O–H groups in total. The number of nitrogens with zero attached hydrogens (tertiary/aromatic N) is 2. The minimum absolute atomic E-state index is 0.638. The van der Waals surface area contributed by atoms with E-state index in [0.717, 1.165) is 12.1 Å². The summed E-state index contributed by atoms with van der Waals surface area (Å²) in [6, 6.07) is 5.08. The van der Waals surface area contributed by atoms with Crippen LogP contribution in [0.1, 0.15) is 37.3 Å². The standard InChI is InChI=1S/C16H25N3/c1-5-14(17-4)7-6-8-19-11-18-15-9-12(2)13(3)10-16(15)19/h9-11,14,17H,5-8H2,1-4H3. The van der Waals surface area contributed by atoms with Crippen LogP contribution < -0.4 is 5.32 Å². The van der Waals surface area contributed by atoms with E-state index in [2.05, 4.69) is 47.8 Å². The van der Waals surface area contributed by atoms with Crippen molar-refractivity contribution in [3.63, 3.8) is 0 Å². The quantitative estimate of drug-likeness (QED) is 0.861. The third-order valence-electron chi connectivity index (χ3n) is 4.09. The van der Waals surface area contributed by atoms with Crippen molar-refractivity contribution in [3.8, 4) is 0 Å². The molecule has 2 rings (SSSR count). The molecule has 1 heterocycles. The second kappa shape index (κ2) is 6.20. The van der Waals surface area contributed by atoms with Gasteiger partial charge in [0, 0.05) is 12.6 Å². The van der Waals surface area contributed by atoms with Gasteiger partial charge < -0.3 is 9.88 Å². The third-order valence-corrected chi connectivity index (χ3v) is 4.09. The van der Waals surface area contributed by atoms with E-state index in [1.165, 1.54) is 35.9 Å². The number of aromatic nitrogens is 2. The summed E-state index contributed by atoms with van der Waals surface area (Å²) >= 11 is 0. The predicted octanol–water partition coefficient (Wildman–Crippen LogP) is 3.43. The molecule has 0 aliphatic rings. The lowest BCUT2D eigenvalue weighted by Crippen LogP contribution is -2.24. The first-order valence-electron chi connectivity index (χ1n) is 7.25. The molecule has 19 heavy (non-hydrogen) atoms. The Kier molecular flexibility index (Phi) is 4.59. The largest absolute Gasteiger partial charge is 0.331 e. The highest BCUT2D eigenvalue weighted by atomic mass is 15.0. The summed E-state index contributed by atoms with van der Waals surface area (Å²) in [7, 11) is 2.05. The first-order chi connectivity index (χ1) is 9.15. The van der Waals surface area contributed by atoms with Gasteiger partial charge in [-0.3, -0.25) is 0 Å². The van der Waals surface area contributed by atoms with E-state index in [-0.39, 0.29) is 0 Å². The van der Waals surface area contributed by atoms with Gasteiger partial charge in [-0.2, -0.15) is 0 Å². The molecule has 3 heteroatoms. The number of imidazole rings is 1. The zero-order chi connectivity index (χ0) is 13.8. The molecule has 1 aromatic heterocycles. The highest BCUT2D eigenvalue weighted by molar-refractivity contribution is 5.77. The highest BCUT2D eigenvalue weighted by Gasteiger charge is 2.06. The van der Waals surface area contributed by atoms with E-state index in [0.29, 0.717) is 6.04 Å². The second-order valence-corrected chi connectivity index (χ2v) is 5.40. The number of aryl methyl sites for hydroxylation is 3. The van der Waals surface area contributed by atoms with Crippen LogP contribution in [0, 0.1) is 13.8 Å². The molecule has 0 radical (unpaired) electrons. The average molecular weight is 259 g/mol. The van der Waals surface area contributed by atoms with Crippen molar-refractivity contribution >= 4 is 11.0 Å². The highest BCUT2D eigenvalue weighted by Crippen LogP contribution is 2.19. The molecule has 2 aromatic rings. The third kappa shape index (κ3) is 3.16. The van der Waals surface area contributed by atoms with Gasteiger partial charge in [0.2, 0.25) is 0 Å². The Morgan fingerprint density at radius 1 is 1.26 bits per heavy atom. The molecule has 0 saturated carbocycles. The first-order valence-corrected chi connectivity index (χ1v) is 7.25. The fourth-order valence-electron chi connectivity index (χ4n) is 2.55. The van der Waals surface area contributed by atoms with E-state index in [1.807, 2.05) is 13.4 Å². The lowest BCUT2D eigenvalue weighted by atomic mass is 10.1. The molecule has 0 saturated heterocycles. The number of hydrogen-bond acceptors (Lipinski definition) is 2. The molecule has 0 amide bonds. The molecule has 0 fully saturated rings. The van der Waals surface area contributed by atoms with E-state index >= 15 is 0 Å². The summed E-state index contributed by atoms with van der Waals surface area (Å²) in [5.41, 5.74) is 5.04. The normalized spacial score (nSPS) is 13.1. The molecular formula is C16H25N3. The maximum absolute atomic E-state index is 4.51. The monoisotopic (exact) mass is 259 g/mol. The van der Waals surface area contributed by atoms with Gasteiger partial charge in [-0.15, -0.1) is 0 Å². The molecule has 3 nitrogen and oxygen atoms in total. The number of benzene rings is 1. The smallest absolute Gasteiger partial charge is 0.0958 e. The molecule has 1 aromatic carbocycles. The van der Waals surface area contributed by atoms with Crippen molar-refractivity contribution in [1.29, 1.82) is 0 Å². The number of hydrogen-bond donors (Lipinski definition) is 1. The number of rotatable bonds is 6. The summed E-state index contributed by atoms with van der Waals surface area (Å²) in [6.07, 6.45) is 5.58. The van der Waals surface area contributed by atoms with Crippen LogP contribution in [0.4, 0.5) is 0 Å². The van der Waals surface area contributed by atoms with Crippen molar-refractivity contribution in [3.05, 3.63) is 29.6 Å². The van der Waals surface area contributed by atoms with Crippen LogP contribution in [-0.2, 0) is 6.54 Å². The van der Waals surface area contributed by atoms with Crippen molar-refractivity contribution in [2.75, 3.05) is 7.05 Å². The summed E-state index contributed by atoms with van der Waals surface area (Å²) in [5.74, 6) is 0. The van der Waals surface area contributed by atoms with Crippen LogP contribution in [0.2, 0.25) is 0 Å². The summed E-state index contributed by atoms with van der Waals surface area (Å²) in [6.45, 7) is 7.60. The van der Waals surface area contributed by atoms with Crippen LogP contribution in [0.25, 0.3) is 11.0 Å². The van der Waals surface area contributed by atoms with E-state index in [4.69, 9.17) is 0 Å². The van der Waals surface area contributed by atoms with Crippen molar-refractivity contribution in [2.45, 2.75) is 52.6 Å². The molecule has 104 valence electrons. The van der Waals surface area contributed by atoms with E-state index in [9.17, 15) is 0 Å². The molecule has 0 aliphatic carbocycles. The average Bonchev–Trinajstić information content (AvgIpc) is 2.78. The topological polar surface area (TPSA) is 29.9 Å². The Labute approximate surface area is 116 Å². The molecule has 1 atom stereocenters.